The molecule has 5 nitrogen and oxygen atoms in total. The maximum absolute atomic E-state index is 12.1. The quantitative estimate of drug-likeness (QED) is 0.872. The number of urea groups is 1. The van der Waals surface area contributed by atoms with Crippen molar-refractivity contribution >= 4 is 34.7 Å². The fourth-order valence-electron chi connectivity index (χ4n) is 2.54. The minimum Gasteiger partial charge on any atom is -0.459 e. The maximum Gasteiger partial charge on any atom is 0.348 e. The third-order valence-electron chi connectivity index (χ3n) is 3.64. The molecular weight excluding hydrogens is 320 g/mol. The summed E-state index contributed by atoms with van der Waals surface area (Å²) >= 11 is 3.06. The topological polar surface area (TPSA) is 72.6 Å². The van der Waals surface area contributed by atoms with Crippen molar-refractivity contribution < 1.29 is 14.3 Å². The van der Waals surface area contributed by atoms with Gasteiger partial charge in [0, 0.05) is 16.3 Å². The van der Waals surface area contributed by atoms with E-state index in [4.69, 9.17) is 10.5 Å². The van der Waals surface area contributed by atoms with Crippen molar-refractivity contribution in [2.24, 2.45) is 5.73 Å². The molecule has 1 aliphatic heterocycles. The van der Waals surface area contributed by atoms with Crippen LogP contribution in [0.15, 0.2) is 29.6 Å². The van der Waals surface area contributed by atoms with Crippen molar-refractivity contribution in [1.29, 1.82) is 0 Å². The second-order valence-corrected chi connectivity index (χ2v) is 7.10. The Bertz CT molecular complexity index is 666. The van der Waals surface area contributed by atoms with E-state index in [0.717, 1.165) is 22.6 Å². The Kier molecular flexibility index (Phi) is 4.44. The number of ether oxygens (including phenoxy) is 1. The number of nitrogens with zero attached hydrogens (tertiary/aromatic N) is 1. The van der Waals surface area contributed by atoms with Crippen LogP contribution in [0.4, 0.5) is 4.79 Å². The first-order valence-corrected chi connectivity index (χ1v) is 8.71. The van der Waals surface area contributed by atoms with Crippen LogP contribution in [0.1, 0.15) is 22.5 Å². The first kappa shape index (κ1) is 15.1. The van der Waals surface area contributed by atoms with Crippen molar-refractivity contribution in [1.82, 2.24) is 4.90 Å². The van der Waals surface area contributed by atoms with E-state index in [1.165, 1.54) is 11.3 Å². The molecule has 0 radical (unpaired) electrons. The number of esters is 1. The first-order valence-electron chi connectivity index (χ1n) is 7.02. The van der Waals surface area contributed by atoms with Crippen LogP contribution in [0.5, 0.6) is 0 Å². The molecule has 2 aromatic rings. The van der Waals surface area contributed by atoms with E-state index in [0.29, 0.717) is 11.4 Å². The van der Waals surface area contributed by atoms with Crippen molar-refractivity contribution in [3.05, 3.63) is 34.5 Å². The van der Waals surface area contributed by atoms with Crippen LogP contribution in [-0.4, -0.2) is 36.1 Å². The molecule has 0 aliphatic carbocycles. The molecule has 1 saturated heterocycles. The zero-order chi connectivity index (χ0) is 15.5. The lowest BCUT2D eigenvalue weighted by Gasteiger charge is -2.21. The van der Waals surface area contributed by atoms with Gasteiger partial charge < -0.3 is 15.4 Å². The predicted octanol–water partition coefficient (Wildman–Crippen LogP) is 3.18. The van der Waals surface area contributed by atoms with Gasteiger partial charge in [-0.3, -0.25) is 0 Å². The minimum atomic E-state index is -0.449. The molecule has 116 valence electrons. The number of carbonyl (C=O) groups is 2. The van der Waals surface area contributed by atoms with Gasteiger partial charge in [0.25, 0.3) is 0 Å². The van der Waals surface area contributed by atoms with Crippen molar-refractivity contribution in [2.75, 3.05) is 13.2 Å². The minimum absolute atomic E-state index is 0.0989. The van der Waals surface area contributed by atoms with Gasteiger partial charge in [-0.1, -0.05) is 6.07 Å². The molecule has 3 rings (SSSR count). The Balaban J connectivity index is 1.59. The van der Waals surface area contributed by atoms with Gasteiger partial charge in [-0.15, -0.1) is 22.7 Å². The smallest absolute Gasteiger partial charge is 0.348 e. The fourth-order valence-corrected chi connectivity index (χ4v) is 4.28. The highest BCUT2D eigenvalue weighted by atomic mass is 32.1. The number of hydrogen-bond acceptors (Lipinski definition) is 5. The molecule has 7 heteroatoms. The maximum atomic E-state index is 12.1. The van der Waals surface area contributed by atoms with Crippen molar-refractivity contribution in [3.8, 4) is 9.75 Å². The van der Waals surface area contributed by atoms with Crippen molar-refractivity contribution in [2.45, 2.75) is 18.9 Å². The average Bonchev–Trinajstić information content (AvgIpc) is 3.23. The third-order valence-corrected chi connectivity index (χ3v) is 5.77. The Morgan fingerprint density at radius 2 is 2.18 bits per heavy atom. The number of amides is 2. The summed E-state index contributed by atoms with van der Waals surface area (Å²) in [5, 5.41) is 2.01. The van der Waals surface area contributed by atoms with Gasteiger partial charge in [-0.25, -0.2) is 9.59 Å². The number of primary amides is 1. The van der Waals surface area contributed by atoms with Crippen LogP contribution >= 0.6 is 22.7 Å². The molecule has 1 atom stereocenters. The Labute approximate surface area is 136 Å². The van der Waals surface area contributed by atoms with Gasteiger partial charge in [0.2, 0.25) is 0 Å². The van der Waals surface area contributed by atoms with Crippen LogP contribution in [0.25, 0.3) is 9.75 Å². The summed E-state index contributed by atoms with van der Waals surface area (Å²) in [5.41, 5.74) is 5.31. The summed E-state index contributed by atoms with van der Waals surface area (Å²) in [6.07, 6.45) is 1.72. The van der Waals surface area contributed by atoms with Gasteiger partial charge in [0.15, 0.2) is 0 Å². The first-order chi connectivity index (χ1) is 10.6. The van der Waals surface area contributed by atoms with E-state index in [9.17, 15) is 9.59 Å². The molecule has 1 fully saturated rings. The van der Waals surface area contributed by atoms with Gasteiger partial charge in [0.05, 0.1) is 6.04 Å². The molecular formula is C15H16N2O3S2. The Morgan fingerprint density at radius 3 is 2.91 bits per heavy atom. The number of hydrogen-bond donors (Lipinski definition) is 1. The summed E-state index contributed by atoms with van der Waals surface area (Å²) in [4.78, 5) is 27.7. The third kappa shape index (κ3) is 3.15. The fraction of sp³-hybridized carbons (Fsp3) is 0.333. The van der Waals surface area contributed by atoms with Crippen LogP contribution in [0.2, 0.25) is 0 Å². The lowest BCUT2D eigenvalue weighted by atomic mass is 10.2. The van der Waals surface area contributed by atoms with E-state index in [2.05, 4.69) is 0 Å². The van der Waals surface area contributed by atoms with Crippen LogP contribution in [0, 0.1) is 0 Å². The SMILES string of the molecule is NC(=O)N1CCC[C@H]1COC(=O)c1ccc(-c2cccs2)s1. The number of nitrogens with two attached hydrogens (primary N) is 1. The van der Waals surface area contributed by atoms with Crippen LogP contribution < -0.4 is 5.73 Å². The Hall–Kier alpha value is -1.86. The van der Waals surface area contributed by atoms with E-state index >= 15 is 0 Å². The summed E-state index contributed by atoms with van der Waals surface area (Å²) in [6, 6.07) is 7.17. The highest BCUT2D eigenvalue weighted by Crippen LogP contribution is 2.31. The molecule has 2 aromatic heterocycles. The second kappa shape index (κ2) is 6.50. The van der Waals surface area contributed by atoms with E-state index in [1.807, 2.05) is 23.6 Å². The van der Waals surface area contributed by atoms with E-state index in [1.54, 1.807) is 22.3 Å². The predicted molar refractivity (Wildman–Crippen MR) is 87.2 cm³/mol. The zero-order valence-electron chi connectivity index (χ0n) is 11.9. The van der Waals surface area contributed by atoms with Crippen LogP contribution in [-0.2, 0) is 4.74 Å². The number of carbonyl (C=O) groups excluding carboxylic acids is 2. The normalized spacial score (nSPS) is 17.6. The zero-order valence-corrected chi connectivity index (χ0v) is 13.5. The summed E-state index contributed by atoms with van der Waals surface area (Å²) in [5.74, 6) is -0.343. The lowest BCUT2D eigenvalue weighted by Crippen LogP contribution is -2.41. The highest BCUT2D eigenvalue weighted by Gasteiger charge is 2.28. The standard InChI is InChI=1S/C15H16N2O3S2/c16-15(19)17-7-1-3-10(17)9-20-14(18)13-6-5-12(22-13)11-4-2-8-21-11/h2,4-6,8,10H,1,3,7,9H2,(H2,16,19)/t10-/m0/s1. The molecule has 0 spiro atoms. The van der Waals surface area contributed by atoms with Gasteiger partial charge >= 0.3 is 12.0 Å². The number of rotatable bonds is 4. The van der Waals surface area contributed by atoms with E-state index < -0.39 is 6.03 Å². The number of likely N-dealkylation sites (tertiary alicyclic amines) is 1. The average molecular weight is 336 g/mol. The molecule has 1 aliphatic rings. The van der Waals surface area contributed by atoms with Gasteiger partial charge in [-0.05, 0) is 36.4 Å². The molecule has 22 heavy (non-hydrogen) atoms. The summed E-state index contributed by atoms with van der Waals surface area (Å²) < 4.78 is 5.35. The van der Waals surface area contributed by atoms with E-state index in [-0.39, 0.29) is 18.6 Å². The number of thiophene rings is 2. The molecule has 2 amide bonds. The molecule has 0 saturated carbocycles. The second-order valence-electron chi connectivity index (χ2n) is 5.07. The monoisotopic (exact) mass is 336 g/mol. The Morgan fingerprint density at radius 1 is 1.32 bits per heavy atom. The largest absolute Gasteiger partial charge is 0.459 e. The molecule has 0 unspecified atom stereocenters. The summed E-state index contributed by atoms with van der Waals surface area (Å²) in [7, 11) is 0. The van der Waals surface area contributed by atoms with Gasteiger partial charge in [-0.2, -0.15) is 0 Å². The highest BCUT2D eigenvalue weighted by molar-refractivity contribution is 7.22. The molecule has 2 N–H and O–H groups in total. The molecule has 0 aromatic carbocycles. The van der Waals surface area contributed by atoms with Crippen molar-refractivity contribution in [3.63, 3.8) is 0 Å². The summed E-state index contributed by atoms with van der Waals surface area (Å²) in [6.45, 7) is 0.840. The van der Waals surface area contributed by atoms with Crippen LogP contribution in [0.3, 0.4) is 0 Å². The molecule has 0 bridgehead atoms. The lowest BCUT2D eigenvalue weighted by molar-refractivity contribution is 0.0428. The molecule has 3 heterocycles. The van der Waals surface area contributed by atoms with Gasteiger partial charge in [0.1, 0.15) is 11.5 Å².